The van der Waals surface area contributed by atoms with Crippen LogP contribution in [-0.2, 0) is 9.53 Å². The molecule has 0 heterocycles. The molecule has 1 fully saturated rings. The minimum absolute atomic E-state index is 0.0604. The number of methoxy groups -OCH3 is 1. The lowest BCUT2D eigenvalue weighted by atomic mass is 10.1. The molecule has 0 radical (unpaired) electrons. The van der Waals surface area contributed by atoms with Crippen LogP contribution in [0.5, 0.6) is 0 Å². The van der Waals surface area contributed by atoms with Gasteiger partial charge in [0.25, 0.3) is 0 Å². The molecule has 4 heteroatoms. The summed E-state index contributed by atoms with van der Waals surface area (Å²) in [5.74, 6) is 0.561. The van der Waals surface area contributed by atoms with E-state index in [2.05, 4.69) is 19.2 Å². The Labute approximate surface area is 91.5 Å². The Morgan fingerprint density at radius 1 is 1.67 bits per heavy atom. The number of hydrogen-bond donors (Lipinski definition) is 2. The number of rotatable bonds is 6. The normalized spacial score (nSPS) is 24.7. The van der Waals surface area contributed by atoms with Crippen LogP contribution in [0.1, 0.15) is 26.7 Å². The van der Waals surface area contributed by atoms with Gasteiger partial charge in [0, 0.05) is 20.3 Å². The summed E-state index contributed by atoms with van der Waals surface area (Å²) in [4.78, 5) is 11.5. The standard InChI is InChI=1S/C11H22N2O2/c1-11(2)6-8(11)7-13-10(14)9(12)4-5-15-3/h8-9H,4-7,12H2,1-3H3,(H,13,14). The maximum Gasteiger partial charge on any atom is 0.237 e. The van der Waals surface area contributed by atoms with Crippen molar-refractivity contribution < 1.29 is 9.53 Å². The van der Waals surface area contributed by atoms with Crippen LogP contribution in [0, 0.1) is 11.3 Å². The highest BCUT2D eigenvalue weighted by Gasteiger charge is 2.45. The van der Waals surface area contributed by atoms with Crippen molar-refractivity contribution in [2.45, 2.75) is 32.7 Å². The van der Waals surface area contributed by atoms with Crippen molar-refractivity contribution in [3.63, 3.8) is 0 Å². The van der Waals surface area contributed by atoms with Gasteiger partial charge in [-0.2, -0.15) is 0 Å². The number of carbonyl (C=O) groups is 1. The lowest BCUT2D eigenvalue weighted by Crippen LogP contribution is -2.42. The molecule has 0 aliphatic heterocycles. The topological polar surface area (TPSA) is 64.3 Å². The minimum Gasteiger partial charge on any atom is -0.385 e. The molecule has 0 bridgehead atoms. The van der Waals surface area contributed by atoms with Gasteiger partial charge in [-0.25, -0.2) is 0 Å². The van der Waals surface area contributed by atoms with Gasteiger partial charge < -0.3 is 15.8 Å². The van der Waals surface area contributed by atoms with E-state index in [1.54, 1.807) is 7.11 Å². The van der Waals surface area contributed by atoms with Crippen molar-refractivity contribution in [2.75, 3.05) is 20.3 Å². The van der Waals surface area contributed by atoms with E-state index in [0.29, 0.717) is 24.4 Å². The van der Waals surface area contributed by atoms with Crippen LogP contribution in [0.4, 0.5) is 0 Å². The van der Waals surface area contributed by atoms with E-state index in [0.717, 1.165) is 6.54 Å². The summed E-state index contributed by atoms with van der Waals surface area (Å²) in [5, 5.41) is 2.89. The van der Waals surface area contributed by atoms with Crippen LogP contribution in [-0.4, -0.2) is 32.2 Å². The Bertz CT molecular complexity index is 229. The van der Waals surface area contributed by atoms with E-state index < -0.39 is 6.04 Å². The lowest BCUT2D eigenvalue weighted by Gasteiger charge is -2.12. The number of ether oxygens (including phenoxy) is 1. The van der Waals surface area contributed by atoms with Gasteiger partial charge in [0.05, 0.1) is 6.04 Å². The van der Waals surface area contributed by atoms with Gasteiger partial charge in [-0.3, -0.25) is 4.79 Å². The van der Waals surface area contributed by atoms with Crippen molar-refractivity contribution in [2.24, 2.45) is 17.1 Å². The van der Waals surface area contributed by atoms with Crippen LogP contribution >= 0.6 is 0 Å². The van der Waals surface area contributed by atoms with E-state index >= 15 is 0 Å². The maximum atomic E-state index is 11.5. The third-order valence-electron chi connectivity index (χ3n) is 3.21. The molecule has 1 amide bonds. The molecule has 2 atom stereocenters. The first-order chi connectivity index (χ1) is 6.97. The molecule has 0 aromatic carbocycles. The zero-order valence-electron chi connectivity index (χ0n) is 9.88. The summed E-state index contributed by atoms with van der Waals surface area (Å²) in [6.07, 6.45) is 1.77. The zero-order valence-corrected chi connectivity index (χ0v) is 9.88. The van der Waals surface area contributed by atoms with Crippen molar-refractivity contribution in [3.05, 3.63) is 0 Å². The van der Waals surface area contributed by atoms with E-state index in [1.807, 2.05) is 0 Å². The predicted molar refractivity (Wildman–Crippen MR) is 59.4 cm³/mol. The van der Waals surface area contributed by atoms with Crippen LogP contribution in [0.3, 0.4) is 0 Å². The van der Waals surface area contributed by atoms with Crippen molar-refractivity contribution in [3.8, 4) is 0 Å². The maximum absolute atomic E-state index is 11.5. The molecule has 1 saturated carbocycles. The fraction of sp³-hybridized carbons (Fsp3) is 0.909. The van der Waals surface area contributed by atoms with Crippen LogP contribution in [0.2, 0.25) is 0 Å². The molecule has 0 spiro atoms. The Kier molecular flexibility index (Phi) is 4.11. The highest BCUT2D eigenvalue weighted by Crippen LogP contribution is 2.50. The van der Waals surface area contributed by atoms with Gasteiger partial charge >= 0.3 is 0 Å². The molecule has 0 aromatic rings. The molecule has 0 saturated heterocycles. The predicted octanol–water partition coefficient (Wildman–Crippen LogP) is 0.513. The quantitative estimate of drug-likeness (QED) is 0.677. The van der Waals surface area contributed by atoms with Gasteiger partial charge in [0.1, 0.15) is 0 Å². The molecular weight excluding hydrogens is 192 g/mol. The number of nitrogens with two attached hydrogens (primary N) is 1. The molecule has 4 nitrogen and oxygen atoms in total. The van der Waals surface area contributed by atoms with Crippen LogP contribution in [0.15, 0.2) is 0 Å². The Morgan fingerprint density at radius 3 is 2.73 bits per heavy atom. The van der Waals surface area contributed by atoms with E-state index in [1.165, 1.54) is 6.42 Å². The number of carbonyl (C=O) groups excluding carboxylic acids is 1. The molecular formula is C11H22N2O2. The monoisotopic (exact) mass is 214 g/mol. The average molecular weight is 214 g/mol. The number of hydrogen-bond acceptors (Lipinski definition) is 3. The van der Waals surface area contributed by atoms with Gasteiger partial charge in [-0.05, 0) is 24.2 Å². The second-order valence-electron chi connectivity index (χ2n) is 5.02. The fourth-order valence-electron chi connectivity index (χ4n) is 1.66. The first kappa shape index (κ1) is 12.5. The smallest absolute Gasteiger partial charge is 0.237 e. The minimum atomic E-state index is -0.438. The van der Waals surface area contributed by atoms with Gasteiger partial charge in [0.15, 0.2) is 0 Å². The highest BCUT2D eigenvalue weighted by atomic mass is 16.5. The Balaban J connectivity index is 2.13. The Morgan fingerprint density at radius 2 is 2.27 bits per heavy atom. The summed E-state index contributed by atoms with van der Waals surface area (Å²) < 4.78 is 4.87. The second kappa shape index (κ2) is 4.94. The summed E-state index contributed by atoms with van der Waals surface area (Å²) >= 11 is 0. The summed E-state index contributed by atoms with van der Waals surface area (Å²) in [6.45, 7) is 5.72. The van der Waals surface area contributed by atoms with Crippen molar-refractivity contribution in [1.82, 2.24) is 5.32 Å². The number of amides is 1. The molecule has 88 valence electrons. The van der Waals surface area contributed by atoms with Crippen molar-refractivity contribution >= 4 is 5.91 Å². The SMILES string of the molecule is COCCC(N)C(=O)NCC1CC1(C)C. The first-order valence-electron chi connectivity index (χ1n) is 5.49. The molecule has 1 aliphatic rings. The molecule has 0 aromatic heterocycles. The zero-order chi connectivity index (χ0) is 11.5. The summed E-state index contributed by atoms with van der Waals surface area (Å²) in [7, 11) is 1.61. The van der Waals surface area contributed by atoms with E-state index in [-0.39, 0.29) is 5.91 Å². The average Bonchev–Trinajstić information content (AvgIpc) is 2.79. The van der Waals surface area contributed by atoms with Gasteiger partial charge in [0.2, 0.25) is 5.91 Å². The molecule has 1 rings (SSSR count). The van der Waals surface area contributed by atoms with Crippen molar-refractivity contribution in [1.29, 1.82) is 0 Å². The van der Waals surface area contributed by atoms with Crippen LogP contribution in [0.25, 0.3) is 0 Å². The van der Waals surface area contributed by atoms with Gasteiger partial charge in [-0.15, -0.1) is 0 Å². The third-order valence-corrected chi connectivity index (χ3v) is 3.21. The van der Waals surface area contributed by atoms with Gasteiger partial charge in [-0.1, -0.05) is 13.8 Å². The highest BCUT2D eigenvalue weighted by molar-refractivity contribution is 5.81. The molecule has 3 N–H and O–H groups in total. The second-order valence-corrected chi connectivity index (χ2v) is 5.02. The Hall–Kier alpha value is -0.610. The molecule has 2 unspecified atom stereocenters. The molecule has 15 heavy (non-hydrogen) atoms. The van der Waals surface area contributed by atoms with E-state index in [4.69, 9.17) is 10.5 Å². The molecule has 1 aliphatic carbocycles. The largest absolute Gasteiger partial charge is 0.385 e. The summed E-state index contributed by atoms with van der Waals surface area (Å²) in [5.41, 5.74) is 6.09. The van der Waals surface area contributed by atoms with E-state index in [9.17, 15) is 4.79 Å². The lowest BCUT2D eigenvalue weighted by molar-refractivity contribution is -0.122. The third kappa shape index (κ3) is 3.80. The number of nitrogens with one attached hydrogen (secondary N) is 1. The summed E-state index contributed by atoms with van der Waals surface area (Å²) in [6, 6.07) is -0.438. The fourth-order valence-corrected chi connectivity index (χ4v) is 1.66. The van der Waals surface area contributed by atoms with Crippen LogP contribution < -0.4 is 11.1 Å². The first-order valence-corrected chi connectivity index (χ1v) is 5.49.